The Labute approximate surface area is 174 Å². The van der Waals surface area contributed by atoms with Crippen LogP contribution in [-0.4, -0.2) is 27.7 Å². The second-order valence-corrected chi connectivity index (χ2v) is 6.93. The van der Waals surface area contributed by atoms with E-state index in [4.69, 9.17) is 4.74 Å². The molecule has 0 radical (unpaired) electrons. The first-order valence-corrected chi connectivity index (χ1v) is 9.45. The molecule has 0 fully saturated rings. The van der Waals surface area contributed by atoms with Gasteiger partial charge in [-0.1, -0.05) is 29.8 Å². The van der Waals surface area contributed by atoms with E-state index >= 15 is 0 Å². The fourth-order valence-electron chi connectivity index (χ4n) is 3.14. The van der Waals surface area contributed by atoms with Crippen molar-refractivity contribution < 1.29 is 14.3 Å². The van der Waals surface area contributed by atoms with E-state index in [1.807, 2.05) is 37.3 Å². The zero-order valence-electron chi connectivity index (χ0n) is 16.6. The molecule has 3 aromatic rings. The number of nitrogens with zero attached hydrogens (tertiary/aromatic N) is 3. The van der Waals surface area contributed by atoms with Gasteiger partial charge in [0.05, 0.1) is 0 Å². The normalized spacial score (nSPS) is 15.3. The van der Waals surface area contributed by atoms with Crippen LogP contribution in [0.5, 0.6) is 0 Å². The van der Waals surface area contributed by atoms with Crippen molar-refractivity contribution in [2.75, 3.05) is 5.32 Å². The summed E-state index contributed by atoms with van der Waals surface area (Å²) in [6.45, 7) is 3.37. The van der Waals surface area contributed by atoms with Gasteiger partial charge in [0, 0.05) is 41.7 Å². The third kappa shape index (κ3) is 4.05. The number of amides is 2. The number of nitrogens with one attached hydrogen (secondary N) is 1. The molecule has 1 atom stereocenters. The van der Waals surface area contributed by atoms with Crippen LogP contribution in [0, 0.1) is 6.92 Å². The summed E-state index contributed by atoms with van der Waals surface area (Å²) in [5.41, 5.74) is 3.56. The monoisotopic (exact) mass is 400 g/mol. The summed E-state index contributed by atoms with van der Waals surface area (Å²) in [5.74, 6) is -0.155. The molecule has 0 saturated carbocycles. The summed E-state index contributed by atoms with van der Waals surface area (Å²) in [7, 11) is 0. The Bertz CT molecular complexity index is 1130. The lowest BCUT2D eigenvalue weighted by atomic mass is 10.1. The summed E-state index contributed by atoms with van der Waals surface area (Å²) in [5, 5.41) is 8.51. The van der Waals surface area contributed by atoms with Crippen LogP contribution in [0.1, 0.15) is 40.2 Å². The number of benzene rings is 2. The molecule has 0 bridgehead atoms. The summed E-state index contributed by atoms with van der Waals surface area (Å²) in [6, 6.07) is 18.1. The number of carbonyl (C=O) groups is 2. The Hall–Kier alpha value is -4.00. The van der Waals surface area contributed by atoms with Gasteiger partial charge in [-0.05, 0) is 43.3 Å². The standard InChI is InChI=1S/C23H20N4O3/c1-15-6-3-7-17(12-15)21(29)25-20-10-4-8-18(13-20)22-26-27(16(2)28)23(30-22)19-9-5-11-24-14-19/h3-14,23H,1-2H3,(H,25,29)/t23-/m1/s1. The van der Waals surface area contributed by atoms with Gasteiger partial charge in [0.15, 0.2) is 0 Å². The molecule has 2 aromatic carbocycles. The van der Waals surface area contributed by atoms with Crippen LogP contribution in [0.3, 0.4) is 0 Å². The van der Waals surface area contributed by atoms with Crippen LogP contribution in [-0.2, 0) is 9.53 Å². The number of aryl methyl sites for hydroxylation is 1. The van der Waals surface area contributed by atoms with Crippen molar-refractivity contribution in [3.63, 3.8) is 0 Å². The lowest BCUT2D eigenvalue weighted by molar-refractivity contribution is -0.135. The van der Waals surface area contributed by atoms with Crippen molar-refractivity contribution in [1.82, 2.24) is 9.99 Å². The van der Waals surface area contributed by atoms with Crippen molar-refractivity contribution in [2.24, 2.45) is 5.10 Å². The van der Waals surface area contributed by atoms with E-state index in [1.165, 1.54) is 11.9 Å². The Morgan fingerprint density at radius 2 is 1.90 bits per heavy atom. The number of anilines is 1. The van der Waals surface area contributed by atoms with Gasteiger partial charge in [-0.2, -0.15) is 5.01 Å². The minimum Gasteiger partial charge on any atom is -0.446 e. The summed E-state index contributed by atoms with van der Waals surface area (Å²) >= 11 is 0. The highest BCUT2D eigenvalue weighted by molar-refractivity contribution is 6.05. The number of hydrogen-bond donors (Lipinski definition) is 1. The van der Waals surface area contributed by atoms with Crippen molar-refractivity contribution in [1.29, 1.82) is 0 Å². The van der Waals surface area contributed by atoms with E-state index in [9.17, 15) is 9.59 Å². The number of carbonyl (C=O) groups excluding carboxylic acids is 2. The van der Waals surface area contributed by atoms with Gasteiger partial charge < -0.3 is 10.1 Å². The maximum absolute atomic E-state index is 12.5. The van der Waals surface area contributed by atoms with E-state index in [0.29, 0.717) is 22.7 Å². The van der Waals surface area contributed by atoms with Gasteiger partial charge in [-0.3, -0.25) is 14.6 Å². The van der Waals surface area contributed by atoms with E-state index in [-0.39, 0.29) is 11.8 Å². The van der Waals surface area contributed by atoms with E-state index in [0.717, 1.165) is 11.1 Å². The summed E-state index contributed by atoms with van der Waals surface area (Å²) < 4.78 is 5.97. The number of pyridine rings is 1. The fraction of sp³-hybridized carbons (Fsp3) is 0.130. The van der Waals surface area contributed by atoms with Crippen molar-refractivity contribution in [2.45, 2.75) is 20.1 Å². The van der Waals surface area contributed by atoms with E-state index in [1.54, 1.807) is 42.7 Å². The molecule has 1 aromatic heterocycles. The molecule has 7 nitrogen and oxygen atoms in total. The molecule has 2 amide bonds. The molecule has 1 aliphatic heterocycles. The van der Waals surface area contributed by atoms with Crippen LogP contribution >= 0.6 is 0 Å². The molecule has 4 rings (SSSR count). The number of rotatable bonds is 4. The summed E-state index contributed by atoms with van der Waals surface area (Å²) in [4.78, 5) is 28.7. The second kappa shape index (κ2) is 8.16. The van der Waals surface area contributed by atoms with Crippen LogP contribution in [0.2, 0.25) is 0 Å². The molecule has 1 aliphatic rings. The average Bonchev–Trinajstić information content (AvgIpc) is 3.21. The fourth-order valence-corrected chi connectivity index (χ4v) is 3.14. The molecule has 0 spiro atoms. The predicted octanol–water partition coefficient (Wildman–Crippen LogP) is 3.88. The molecule has 0 saturated heterocycles. The number of aromatic nitrogens is 1. The summed E-state index contributed by atoms with van der Waals surface area (Å²) in [6.07, 6.45) is 2.60. The second-order valence-electron chi connectivity index (χ2n) is 6.93. The van der Waals surface area contributed by atoms with Crippen LogP contribution in [0.15, 0.2) is 78.2 Å². The Morgan fingerprint density at radius 3 is 2.63 bits per heavy atom. The maximum Gasteiger partial charge on any atom is 0.255 e. The highest BCUT2D eigenvalue weighted by atomic mass is 16.5. The first kappa shape index (κ1) is 19.3. The van der Waals surface area contributed by atoms with Gasteiger partial charge in [-0.15, -0.1) is 5.10 Å². The molecule has 30 heavy (non-hydrogen) atoms. The smallest absolute Gasteiger partial charge is 0.255 e. The predicted molar refractivity (Wildman–Crippen MR) is 113 cm³/mol. The molecule has 0 aliphatic carbocycles. The molecular formula is C23H20N4O3. The number of hydrazone groups is 1. The molecule has 0 unspecified atom stereocenters. The number of ether oxygens (including phenoxy) is 1. The zero-order valence-corrected chi connectivity index (χ0v) is 16.6. The van der Waals surface area contributed by atoms with Crippen molar-refractivity contribution in [3.05, 3.63) is 95.3 Å². The molecule has 7 heteroatoms. The lowest BCUT2D eigenvalue weighted by Crippen LogP contribution is -2.25. The molecule has 2 heterocycles. The SMILES string of the molecule is CC(=O)N1N=C(c2cccc(NC(=O)c3cccc(C)c3)c2)O[C@@H]1c1cccnc1. The van der Waals surface area contributed by atoms with Crippen molar-refractivity contribution in [3.8, 4) is 0 Å². The van der Waals surface area contributed by atoms with E-state index < -0.39 is 6.23 Å². The van der Waals surface area contributed by atoms with Gasteiger partial charge >= 0.3 is 0 Å². The first-order valence-electron chi connectivity index (χ1n) is 9.45. The molecule has 150 valence electrons. The van der Waals surface area contributed by atoms with Gasteiger partial charge in [0.2, 0.25) is 18.0 Å². The maximum atomic E-state index is 12.5. The molecular weight excluding hydrogens is 380 g/mol. The van der Waals surface area contributed by atoms with Crippen LogP contribution in [0.4, 0.5) is 5.69 Å². The Morgan fingerprint density at radius 1 is 1.07 bits per heavy atom. The highest BCUT2D eigenvalue weighted by Crippen LogP contribution is 2.30. The Balaban J connectivity index is 1.57. The number of hydrogen-bond acceptors (Lipinski definition) is 5. The van der Waals surface area contributed by atoms with Gasteiger partial charge in [0.25, 0.3) is 5.91 Å². The topological polar surface area (TPSA) is 83.9 Å². The van der Waals surface area contributed by atoms with Gasteiger partial charge in [0.1, 0.15) is 0 Å². The zero-order chi connectivity index (χ0) is 21.1. The first-order chi connectivity index (χ1) is 14.5. The Kier molecular flexibility index (Phi) is 5.26. The average molecular weight is 400 g/mol. The molecule has 1 N–H and O–H groups in total. The van der Waals surface area contributed by atoms with E-state index in [2.05, 4.69) is 15.4 Å². The highest BCUT2D eigenvalue weighted by Gasteiger charge is 2.33. The van der Waals surface area contributed by atoms with Crippen LogP contribution < -0.4 is 5.32 Å². The minimum absolute atomic E-state index is 0.205. The quantitative estimate of drug-likeness (QED) is 0.720. The van der Waals surface area contributed by atoms with Crippen LogP contribution in [0.25, 0.3) is 0 Å². The minimum atomic E-state index is -0.684. The third-order valence-electron chi connectivity index (χ3n) is 4.58. The third-order valence-corrected chi connectivity index (χ3v) is 4.58. The van der Waals surface area contributed by atoms with Crippen molar-refractivity contribution >= 4 is 23.4 Å². The lowest BCUT2D eigenvalue weighted by Gasteiger charge is -2.18. The largest absolute Gasteiger partial charge is 0.446 e. The van der Waals surface area contributed by atoms with Gasteiger partial charge in [-0.25, -0.2) is 0 Å².